The number of anilines is 1. The molecule has 4 N–H and O–H groups in total. The molecule has 0 aliphatic carbocycles. The van der Waals surface area contributed by atoms with Gasteiger partial charge in [0.15, 0.2) is 0 Å². The number of halogens is 1. The Morgan fingerprint density at radius 3 is 2.52 bits per heavy atom. The van der Waals surface area contributed by atoms with E-state index in [1.807, 2.05) is 30.3 Å². The fraction of sp³-hybridized carbons (Fsp3) is 0.0714. The van der Waals surface area contributed by atoms with Crippen LogP contribution in [-0.4, -0.2) is 23.2 Å². The summed E-state index contributed by atoms with van der Waals surface area (Å²) in [5, 5.41) is 24.1. The number of hydrogen-bond donors (Lipinski definition) is 4. The smallest absolute Gasteiger partial charge is 0.423 e. The second-order valence-electron chi connectivity index (χ2n) is 4.40. The fourth-order valence-corrected chi connectivity index (χ4v) is 1.99. The molecule has 0 fully saturated rings. The van der Waals surface area contributed by atoms with Crippen molar-refractivity contribution in [2.75, 3.05) is 5.32 Å². The summed E-state index contributed by atoms with van der Waals surface area (Å²) in [7, 11) is -1.71. The minimum Gasteiger partial charge on any atom is -0.423 e. The predicted octanol–water partition coefficient (Wildman–Crippen LogP) is 1.34. The van der Waals surface area contributed by atoms with Crippen LogP contribution in [0.15, 0.2) is 48.5 Å². The Bertz CT molecular complexity index is 623. The van der Waals surface area contributed by atoms with Gasteiger partial charge in [-0.3, -0.25) is 0 Å². The molecular formula is C14H14BClN2O3. The molecule has 0 saturated heterocycles. The quantitative estimate of drug-likeness (QED) is 0.644. The molecule has 0 radical (unpaired) electrons. The van der Waals surface area contributed by atoms with Crippen LogP contribution in [0.3, 0.4) is 0 Å². The van der Waals surface area contributed by atoms with Gasteiger partial charge in [-0.15, -0.1) is 0 Å². The average molecular weight is 305 g/mol. The van der Waals surface area contributed by atoms with Crippen LogP contribution in [0.25, 0.3) is 0 Å². The fourth-order valence-electron chi connectivity index (χ4n) is 1.81. The first-order chi connectivity index (χ1) is 10.1. The summed E-state index contributed by atoms with van der Waals surface area (Å²) in [6.07, 6.45) is 0. The summed E-state index contributed by atoms with van der Waals surface area (Å²) in [4.78, 5) is 11.8. The Hall–Kier alpha value is -2.02. The van der Waals surface area contributed by atoms with E-state index in [1.165, 1.54) is 12.1 Å². The van der Waals surface area contributed by atoms with Crippen LogP contribution in [0.2, 0.25) is 5.02 Å². The number of carbonyl (C=O) groups is 1. The van der Waals surface area contributed by atoms with E-state index in [4.69, 9.17) is 11.6 Å². The van der Waals surface area contributed by atoms with E-state index in [2.05, 4.69) is 10.6 Å². The van der Waals surface area contributed by atoms with Crippen molar-refractivity contribution in [3.63, 3.8) is 0 Å². The zero-order valence-corrected chi connectivity index (χ0v) is 11.8. The Balaban J connectivity index is 2.00. The molecule has 0 heterocycles. The topological polar surface area (TPSA) is 81.6 Å². The van der Waals surface area contributed by atoms with Gasteiger partial charge in [-0.05, 0) is 23.8 Å². The number of carbonyl (C=O) groups excluding carboxylic acids is 1. The van der Waals surface area contributed by atoms with Crippen LogP contribution in [0.1, 0.15) is 5.56 Å². The summed E-state index contributed by atoms with van der Waals surface area (Å²) in [5.41, 5.74) is 1.39. The second-order valence-corrected chi connectivity index (χ2v) is 4.83. The summed E-state index contributed by atoms with van der Waals surface area (Å²) >= 11 is 5.79. The van der Waals surface area contributed by atoms with Gasteiger partial charge >= 0.3 is 13.1 Å². The molecule has 2 amide bonds. The van der Waals surface area contributed by atoms with E-state index in [0.29, 0.717) is 17.3 Å². The first-order valence-electron chi connectivity index (χ1n) is 6.30. The standard InChI is InChI=1S/C14H14BClN2O3/c16-11-6-7-13(12(8-11)15(20)21)18-14(19)17-9-10-4-2-1-3-5-10/h1-8,20-21H,9H2,(H2,17,18,19). The van der Waals surface area contributed by atoms with Crippen molar-refractivity contribution in [3.8, 4) is 0 Å². The van der Waals surface area contributed by atoms with E-state index in [0.717, 1.165) is 5.56 Å². The first kappa shape index (κ1) is 15.4. The molecule has 0 aliphatic rings. The summed E-state index contributed by atoms with van der Waals surface area (Å²) in [6.45, 7) is 0.372. The van der Waals surface area contributed by atoms with Crippen LogP contribution >= 0.6 is 11.6 Å². The van der Waals surface area contributed by atoms with Crippen molar-refractivity contribution in [1.29, 1.82) is 0 Å². The highest BCUT2D eigenvalue weighted by molar-refractivity contribution is 6.61. The van der Waals surface area contributed by atoms with Crippen molar-refractivity contribution >= 4 is 35.9 Å². The molecule has 21 heavy (non-hydrogen) atoms. The molecule has 0 spiro atoms. The Morgan fingerprint density at radius 2 is 1.86 bits per heavy atom. The Morgan fingerprint density at radius 1 is 1.14 bits per heavy atom. The molecule has 2 rings (SSSR count). The summed E-state index contributed by atoms with van der Waals surface area (Å²) in [6, 6.07) is 13.5. The number of nitrogens with one attached hydrogen (secondary N) is 2. The minimum atomic E-state index is -1.71. The molecule has 108 valence electrons. The number of rotatable bonds is 4. The second kappa shape index (κ2) is 7.13. The van der Waals surface area contributed by atoms with Crippen LogP contribution in [0, 0.1) is 0 Å². The first-order valence-corrected chi connectivity index (χ1v) is 6.68. The lowest BCUT2D eigenvalue weighted by Gasteiger charge is -2.12. The normalized spacial score (nSPS) is 10.0. The summed E-state index contributed by atoms with van der Waals surface area (Å²) < 4.78 is 0. The van der Waals surface area contributed by atoms with Crippen molar-refractivity contribution in [2.45, 2.75) is 6.54 Å². The maximum atomic E-state index is 11.8. The maximum absolute atomic E-state index is 11.8. The van der Waals surface area contributed by atoms with E-state index in [1.54, 1.807) is 6.07 Å². The number of urea groups is 1. The molecule has 0 aliphatic heterocycles. The van der Waals surface area contributed by atoms with Gasteiger partial charge < -0.3 is 20.7 Å². The van der Waals surface area contributed by atoms with Gasteiger partial charge in [0.1, 0.15) is 0 Å². The average Bonchev–Trinajstić information content (AvgIpc) is 2.48. The van der Waals surface area contributed by atoms with Crippen molar-refractivity contribution < 1.29 is 14.8 Å². The predicted molar refractivity (Wildman–Crippen MR) is 83.6 cm³/mol. The Kier molecular flexibility index (Phi) is 5.22. The maximum Gasteiger partial charge on any atom is 0.490 e. The van der Waals surface area contributed by atoms with Gasteiger partial charge in [0.05, 0.1) is 0 Å². The molecule has 2 aromatic rings. The lowest BCUT2D eigenvalue weighted by molar-refractivity contribution is 0.252. The summed E-state index contributed by atoms with van der Waals surface area (Å²) in [5.74, 6) is 0. The molecule has 0 bridgehead atoms. The van der Waals surface area contributed by atoms with Gasteiger partial charge in [-0.2, -0.15) is 0 Å². The highest BCUT2D eigenvalue weighted by Crippen LogP contribution is 2.12. The lowest BCUT2D eigenvalue weighted by atomic mass is 9.79. The van der Waals surface area contributed by atoms with E-state index < -0.39 is 13.1 Å². The molecule has 0 atom stereocenters. The van der Waals surface area contributed by atoms with Crippen molar-refractivity contribution in [3.05, 3.63) is 59.1 Å². The molecule has 0 aromatic heterocycles. The third-order valence-electron chi connectivity index (χ3n) is 2.84. The highest BCUT2D eigenvalue weighted by Gasteiger charge is 2.17. The minimum absolute atomic E-state index is 0.136. The zero-order valence-electron chi connectivity index (χ0n) is 11.1. The van der Waals surface area contributed by atoms with Crippen molar-refractivity contribution in [1.82, 2.24) is 5.32 Å². The third-order valence-corrected chi connectivity index (χ3v) is 3.07. The van der Waals surface area contributed by atoms with Gasteiger partial charge in [0, 0.05) is 22.7 Å². The van der Waals surface area contributed by atoms with E-state index in [-0.39, 0.29) is 5.46 Å². The molecule has 0 unspecified atom stereocenters. The van der Waals surface area contributed by atoms with Crippen LogP contribution < -0.4 is 16.1 Å². The number of benzene rings is 2. The molecule has 0 saturated carbocycles. The van der Waals surface area contributed by atoms with Crippen LogP contribution in [-0.2, 0) is 6.54 Å². The van der Waals surface area contributed by atoms with Crippen LogP contribution in [0.4, 0.5) is 10.5 Å². The number of amides is 2. The molecule has 5 nitrogen and oxygen atoms in total. The SMILES string of the molecule is O=C(NCc1ccccc1)Nc1ccc(Cl)cc1B(O)O. The highest BCUT2D eigenvalue weighted by atomic mass is 35.5. The zero-order chi connectivity index (χ0) is 15.2. The Labute approximate surface area is 127 Å². The van der Waals surface area contributed by atoms with Gasteiger partial charge in [-0.1, -0.05) is 41.9 Å². The van der Waals surface area contributed by atoms with Crippen molar-refractivity contribution in [2.24, 2.45) is 0 Å². The third kappa shape index (κ3) is 4.49. The lowest BCUT2D eigenvalue weighted by Crippen LogP contribution is -2.36. The van der Waals surface area contributed by atoms with Gasteiger partial charge in [0.2, 0.25) is 0 Å². The monoisotopic (exact) mass is 304 g/mol. The number of hydrogen-bond acceptors (Lipinski definition) is 3. The van der Waals surface area contributed by atoms with E-state index >= 15 is 0 Å². The molecule has 2 aromatic carbocycles. The van der Waals surface area contributed by atoms with Gasteiger partial charge in [0.25, 0.3) is 0 Å². The molecule has 7 heteroatoms. The van der Waals surface area contributed by atoms with Crippen LogP contribution in [0.5, 0.6) is 0 Å². The van der Waals surface area contributed by atoms with E-state index in [9.17, 15) is 14.8 Å². The largest absolute Gasteiger partial charge is 0.490 e. The molecular weight excluding hydrogens is 290 g/mol. The van der Waals surface area contributed by atoms with Gasteiger partial charge in [-0.25, -0.2) is 4.79 Å².